The summed E-state index contributed by atoms with van der Waals surface area (Å²) >= 11 is 0. The molecule has 0 bridgehead atoms. The van der Waals surface area contributed by atoms with E-state index in [2.05, 4.69) is 20.4 Å². The highest BCUT2D eigenvalue weighted by atomic mass is 16.5. The van der Waals surface area contributed by atoms with Crippen LogP contribution in [0, 0.1) is 0 Å². The number of nitrogens with zero attached hydrogens (tertiary/aromatic N) is 1. The molecule has 0 atom stereocenters. The van der Waals surface area contributed by atoms with E-state index in [1.54, 1.807) is 12.3 Å². The van der Waals surface area contributed by atoms with Gasteiger partial charge in [0.05, 0.1) is 19.0 Å². The largest absolute Gasteiger partial charge is 0.453 e. The number of hydrogen-bond acceptors (Lipinski definition) is 4. The molecule has 5 heteroatoms. The molecule has 0 saturated heterocycles. The quantitative estimate of drug-likeness (QED) is 0.869. The van der Waals surface area contributed by atoms with E-state index in [1.165, 1.54) is 7.11 Å². The van der Waals surface area contributed by atoms with E-state index in [0.717, 1.165) is 11.4 Å². The Hall–Kier alpha value is -2.56. The third-order valence-electron chi connectivity index (χ3n) is 2.24. The first-order valence-corrected chi connectivity index (χ1v) is 5.41. The topological polar surface area (TPSA) is 63.2 Å². The lowest BCUT2D eigenvalue weighted by molar-refractivity contribution is 0.187. The first kappa shape index (κ1) is 11.9. The minimum absolute atomic E-state index is 0.445. The van der Waals surface area contributed by atoms with Gasteiger partial charge in [0.2, 0.25) is 0 Å². The number of amides is 1. The Morgan fingerprint density at radius 2 is 1.89 bits per heavy atom. The number of carbonyl (C=O) groups is 1. The number of carbonyl (C=O) groups excluding carboxylic acids is 1. The molecule has 1 aromatic carbocycles. The highest BCUT2D eigenvalue weighted by molar-refractivity contribution is 5.83. The van der Waals surface area contributed by atoms with Gasteiger partial charge in [0.25, 0.3) is 0 Å². The predicted octanol–water partition coefficient (Wildman–Crippen LogP) is 3.00. The molecule has 0 spiro atoms. The van der Waals surface area contributed by atoms with Gasteiger partial charge in [-0.25, -0.2) is 9.78 Å². The van der Waals surface area contributed by atoms with Crippen LogP contribution in [0.2, 0.25) is 0 Å². The van der Waals surface area contributed by atoms with Crippen LogP contribution in [0.4, 0.5) is 22.0 Å². The summed E-state index contributed by atoms with van der Waals surface area (Å²) in [5.41, 5.74) is 1.82. The van der Waals surface area contributed by atoms with Crippen molar-refractivity contribution in [3.63, 3.8) is 0 Å². The van der Waals surface area contributed by atoms with Crippen molar-refractivity contribution in [1.82, 2.24) is 4.98 Å². The van der Waals surface area contributed by atoms with Crippen LogP contribution in [0.15, 0.2) is 48.7 Å². The number of anilines is 3. The fraction of sp³-hybridized carbons (Fsp3) is 0.0769. The summed E-state index contributed by atoms with van der Waals surface area (Å²) in [7, 11) is 1.31. The number of pyridine rings is 1. The van der Waals surface area contributed by atoms with Crippen LogP contribution in [0.3, 0.4) is 0 Å². The molecule has 0 saturated carbocycles. The van der Waals surface area contributed by atoms with Gasteiger partial charge in [0.15, 0.2) is 0 Å². The fourth-order valence-electron chi connectivity index (χ4n) is 1.39. The van der Waals surface area contributed by atoms with Crippen molar-refractivity contribution in [3.8, 4) is 0 Å². The molecule has 0 unspecified atom stereocenters. The molecule has 0 radical (unpaired) electrons. The highest BCUT2D eigenvalue weighted by Gasteiger charge is 2.01. The van der Waals surface area contributed by atoms with E-state index in [4.69, 9.17) is 0 Å². The smallest absolute Gasteiger partial charge is 0.412 e. The Morgan fingerprint density at radius 1 is 1.11 bits per heavy atom. The van der Waals surface area contributed by atoms with E-state index in [0.29, 0.717) is 5.82 Å². The Kier molecular flexibility index (Phi) is 3.76. The van der Waals surface area contributed by atoms with Crippen molar-refractivity contribution in [2.45, 2.75) is 0 Å². The summed E-state index contributed by atoms with van der Waals surface area (Å²) in [6, 6.07) is 13.3. The normalized spacial score (nSPS) is 9.61. The molecule has 5 nitrogen and oxygen atoms in total. The second-order valence-corrected chi connectivity index (χ2v) is 3.54. The molecule has 1 aromatic heterocycles. The Labute approximate surface area is 105 Å². The molecule has 0 fully saturated rings. The first-order chi connectivity index (χ1) is 8.78. The van der Waals surface area contributed by atoms with Crippen LogP contribution in [0.1, 0.15) is 0 Å². The van der Waals surface area contributed by atoms with Crippen LogP contribution in [0.5, 0.6) is 0 Å². The third-order valence-corrected chi connectivity index (χ3v) is 2.24. The monoisotopic (exact) mass is 243 g/mol. The summed E-state index contributed by atoms with van der Waals surface area (Å²) in [6.07, 6.45) is 1.10. The predicted molar refractivity (Wildman–Crippen MR) is 70.0 cm³/mol. The molecule has 18 heavy (non-hydrogen) atoms. The van der Waals surface area contributed by atoms with Crippen molar-refractivity contribution in [1.29, 1.82) is 0 Å². The molecule has 0 aliphatic heterocycles. The van der Waals surface area contributed by atoms with Crippen LogP contribution >= 0.6 is 0 Å². The zero-order chi connectivity index (χ0) is 12.8. The van der Waals surface area contributed by atoms with Crippen molar-refractivity contribution in [2.75, 3.05) is 17.7 Å². The number of aromatic nitrogens is 1. The number of methoxy groups -OCH3 is 1. The van der Waals surface area contributed by atoms with Crippen molar-refractivity contribution in [2.24, 2.45) is 0 Å². The van der Waals surface area contributed by atoms with Crippen molar-refractivity contribution < 1.29 is 9.53 Å². The lowest BCUT2D eigenvalue weighted by Gasteiger charge is -2.07. The Bertz CT molecular complexity index is 512. The molecule has 1 amide bonds. The second-order valence-electron chi connectivity index (χ2n) is 3.54. The maximum absolute atomic E-state index is 11.0. The lowest BCUT2D eigenvalue weighted by atomic mass is 10.3. The average Bonchev–Trinajstić information content (AvgIpc) is 2.42. The minimum Gasteiger partial charge on any atom is -0.453 e. The Morgan fingerprint density at radius 3 is 2.50 bits per heavy atom. The maximum atomic E-state index is 11.0. The van der Waals surface area contributed by atoms with Gasteiger partial charge in [0, 0.05) is 5.69 Å². The van der Waals surface area contributed by atoms with Gasteiger partial charge in [0.1, 0.15) is 5.82 Å². The third kappa shape index (κ3) is 3.21. The van der Waals surface area contributed by atoms with Crippen molar-refractivity contribution in [3.05, 3.63) is 48.7 Å². The number of benzene rings is 1. The second kappa shape index (κ2) is 5.67. The van der Waals surface area contributed by atoms with Crippen LogP contribution in [0.25, 0.3) is 0 Å². The van der Waals surface area contributed by atoms with Gasteiger partial charge in [-0.15, -0.1) is 0 Å². The summed E-state index contributed by atoms with van der Waals surface area (Å²) in [5.74, 6) is 0.445. The number of ether oxygens (including phenoxy) is 1. The summed E-state index contributed by atoms with van der Waals surface area (Å²) in [6.45, 7) is 0. The number of nitrogens with one attached hydrogen (secondary N) is 2. The van der Waals surface area contributed by atoms with Crippen LogP contribution < -0.4 is 10.6 Å². The Balaban J connectivity index is 2.02. The lowest BCUT2D eigenvalue weighted by Crippen LogP contribution is -2.11. The van der Waals surface area contributed by atoms with Crippen molar-refractivity contribution >= 4 is 23.3 Å². The molecule has 0 aliphatic carbocycles. The van der Waals surface area contributed by atoms with Gasteiger partial charge in [-0.1, -0.05) is 18.2 Å². The number of rotatable bonds is 3. The maximum Gasteiger partial charge on any atom is 0.412 e. The first-order valence-electron chi connectivity index (χ1n) is 5.41. The minimum atomic E-state index is -0.536. The fourth-order valence-corrected chi connectivity index (χ4v) is 1.39. The summed E-state index contributed by atoms with van der Waals surface area (Å²) in [4.78, 5) is 15.1. The van der Waals surface area contributed by atoms with E-state index in [-0.39, 0.29) is 0 Å². The molecule has 2 aromatic rings. The van der Waals surface area contributed by atoms with Gasteiger partial charge < -0.3 is 10.1 Å². The van der Waals surface area contributed by atoms with Crippen LogP contribution in [-0.4, -0.2) is 18.2 Å². The number of hydrogen-bond donors (Lipinski definition) is 2. The summed E-state index contributed by atoms with van der Waals surface area (Å²) < 4.78 is 4.47. The zero-order valence-electron chi connectivity index (χ0n) is 9.88. The van der Waals surface area contributed by atoms with Gasteiger partial charge >= 0.3 is 6.09 Å². The van der Waals surface area contributed by atoms with E-state index >= 15 is 0 Å². The van der Waals surface area contributed by atoms with Crippen LogP contribution in [-0.2, 0) is 4.74 Å². The molecule has 92 valence electrons. The van der Waals surface area contributed by atoms with Gasteiger partial charge in [-0.3, -0.25) is 5.32 Å². The molecule has 2 N–H and O–H groups in total. The average molecular weight is 243 g/mol. The standard InChI is InChI=1S/C13H13N3O2/c1-18-13(17)16-12-8-7-11(9-14-12)15-10-5-3-2-4-6-10/h2-9,15H,1H3,(H,14,16,17). The molecule has 0 aliphatic rings. The highest BCUT2D eigenvalue weighted by Crippen LogP contribution is 2.16. The SMILES string of the molecule is COC(=O)Nc1ccc(Nc2ccccc2)cn1. The van der Waals surface area contributed by atoms with E-state index in [1.807, 2.05) is 36.4 Å². The molecular weight excluding hydrogens is 230 g/mol. The molecule has 2 rings (SSSR count). The molecular formula is C13H13N3O2. The van der Waals surface area contributed by atoms with Gasteiger partial charge in [-0.2, -0.15) is 0 Å². The van der Waals surface area contributed by atoms with Gasteiger partial charge in [-0.05, 0) is 24.3 Å². The van der Waals surface area contributed by atoms with E-state index < -0.39 is 6.09 Å². The van der Waals surface area contributed by atoms with E-state index in [9.17, 15) is 4.79 Å². The zero-order valence-corrected chi connectivity index (χ0v) is 9.88. The molecule has 1 heterocycles. The summed E-state index contributed by atoms with van der Waals surface area (Å²) in [5, 5.41) is 5.67. The number of para-hydroxylation sites is 1.